The number of rotatable bonds is 8. The molecule has 0 aliphatic rings. The third-order valence-corrected chi connectivity index (χ3v) is 3.96. The Bertz CT molecular complexity index is 378. The van der Waals surface area contributed by atoms with E-state index in [4.69, 9.17) is 4.74 Å². The number of hydrogen-bond donors (Lipinski definition) is 1. The molecule has 0 saturated heterocycles. The molecule has 0 saturated carbocycles. The van der Waals surface area contributed by atoms with E-state index in [-0.39, 0.29) is 12.0 Å². The summed E-state index contributed by atoms with van der Waals surface area (Å²) in [5, 5.41) is 3.29. The maximum absolute atomic E-state index is 11.3. The van der Waals surface area contributed by atoms with E-state index in [1.165, 1.54) is 11.1 Å². The van der Waals surface area contributed by atoms with Gasteiger partial charge in [-0.1, -0.05) is 31.2 Å². The molecule has 1 rings (SSSR count). The van der Waals surface area contributed by atoms with Crippen molar-refractivity contribution in [2.75, 3.05) is 25.2 Å². The lowest BCUT2D eigenvalue weighted by atomic mass is 10.1. The van der Waals surface area contributed by atoms with Crippen LogP contribution in [0.3, 0.4) is 0 Å². The van der Waals surface area contributed by atoms with Gasteiger partial charge >= 0.3 is 5.97 Å². The van der Waals surface area contributed by atoms with Crippen LogP contribution in [0, 0.1) is 0 Å². The predicted molar refractivity (Wildman–Crippen MR) is 81.6 cm³/mol. The summed E-state index contributed by atoms with van der Waals surface area (Å²) in [4.78, 5) is 11.3. The Labute approximate surface area is 120 Å². The highest BCUT2D eigenvalue weighted by atomic mass is 32.2. The molecule has 3 nitrogen and oxygen atoms in total. The van der Waals surface area contributed by atoms with Gasteiger partial charge in [-0.05, 0) is 31.5 Å². The first-order valence-electron chi connectivity index (χ1n) is 6.70. The molecule has 1 aromatic carbocycles. The smallest absolute Gasteiger partial charge is 0.315 e. The summed E-state index contributed by atoms with van der Waals surface area (Å²) >= 11 is 1.60. The second-order valence-corrected chi connectivity index (χ2v) is 5.29. The molecule has 106 valence electrons. The predicted octanol–water partition coefficient (Wildman–Crippen LogP) is 2.81. The average Bonchev–Trinajstić information content (AvgIpc) is 2.44. The minimum atomic E-state index is -0.135. The SMILES string of the molecule is CCOC(=O)CSCC(NC)c1ccc(CC)cc1. The molecule has 0 aliphatic carbocycles. The summed E-state index contributed by atoms with van der Waals surface area (Å²) in [6.45, 7) is 4.43. The first-order chi connectivity index (χ1) is 9.21. The summed E-state index contributed by atoms with van der Waals surface area (Å²) in [6.07, 6.45) is 1.06. The summed E-state index contributed by atoms with van der Waals surface area (Å²) in [5.41, 5.74) is 2.61. The summed E-state index contributed by atoms with van der Waals surface area (Å²) in [5.74, 6) is 1.14. The lowest BCUT2D eigenvalue weighted by Gasteiger charge is -2.16. The van der Waals surface area contributed by atoms with Gasteiger partial charge in [-0.15, -0.1) is 11.8 Å². The van der Waals surface area contributed by atoms with E-state index in [1.54, 1.807) is 11.8 Å². The molecule has 0 amide bonds. The molecule has 0 bridgehead atoms. The molecule has 0 aliphatic heterocycles. The average molecular weight is 281 g/mol. The monoisotopic (exact) mass is 281 g/mol. The number of hydrogen-bond acceptors (Lipinski definition) is 4. The summed E-state index contributed by atoms with van der Waals surface area (Å²) in [6, 6.07) is 8.91. The van der Waals surface area contributed by atoms with Crippen molar-refractivity contribution >= 4 is 17.7 Å². The van der Waals surface area contributed by atoms with Crippen LogP contribution in [0.1, 0.15) is 31.0 Å². The third-order valence-electron chi connectivity index (χ3n) is 2.95. The van der Waals surface area contributed by atoms with Gasteiger partial charge in [0.2, 0.25) is 0 Å². The Kier molecular flexibility index (Phi) is 7.60. The number of aryl methyl sites for hydroxylation is 1. The molecule has 1 aromatic rings. The van der Waals surface area contributed by atoms with Crippen molar-refractivity contribution in [3.05, 3.63) is 35.4 Å². The first-order valence-corrected chi connectivity index (χ1v) is 7.86. The van der Waals surface area contributed by atoms with E-state index in [1.807, 2.05) is 14.0 Å². The van der Waals surface area contributed by atoms with Crippen LogP contribution in [0.2, 0.25) is 0 Å². The van der Waals surface area contributed by atoms with Gasteiger partial charge < -0.3 is 10.1 Å². The van der Waals surface area contributed by atoms with E-state index in [0.717, 1.165) is 12.2 Å². The maximum Gasteiger partial charge on any atom is 0.315 e. The van der Waals surface area contributed by atoms with Gasteiger partial charge in [-0.3, -0.25) is 4.79 Å². The number of nitrogens with one attached hydrogen (secondary N) is 1. The van der Waals surface area contributed by atoms with Gasteiger partial charge in [-0.2, -0.15) is 0 Å². The van der Waals surface area contributed by atoms with Crippen LogP contribution < -0.4 is 5.32 Å². The van der Waals surface area contributed by atoms with Crippen LogP contribution >= 0.6 is 11.8 Å². The third kappa shape index (κ3) is 5.66. The fourth-order valence-corrected chi connectivity index (χ4v) is 2.76. The molecule has 0 fully saturated rings. The van der Waals surface area contributed by atoms with Gasteiger partial charge in [0, 0.05) is 11.8 Å². The molecule has 0 heterocycles. The van der Waals surface area contributed by atoms with E-state index in [2.05, 4.69) is 36.5 Å². The van der Waals surface area contributed by atoms with Crippen molar-refractivity contribution in [1.82, 2.24) is 5.32 Å². The number of benzene rings is 1. The molecule has 1 unspecified atom stereocenters. The first kappa shape index (κ1) is 16.1. The van der Waals surface area contributed by atoms with Crippen molar-refractivity contribution in [1.29, 1.82) is 0 Å². The van der Waals surface area contributed by atoms with Gasteiger partial charge in [0.15, 0.2) is 0 Å². The van der Waals surface area contributed by atoms with Crippen molar-refractivity contribution in [2.45, 2.75) is 26.3 Å². The lowest BCUT2D eigenvalue weighted by Crippen LogP contribution is -2.19. The normalized spacial score (nSPS) is 12.2. The van der Waals surface area contributed by atoms with Crippen molar-refractivity contribution in [3.63, 3.8) is 0 Å². The Hall–Kier alpha value is -1.00. The molecule has 0 spiro atoms. The zero-order valence-electron chi connectivity index (χ0n) is 11.9. The summed E-state index contributed by atoms with van der Waals surface area (Å²) < 4.78 is 4.91. The van der Waals surface area contributed by atoms with Crippen LogP contribution in [0.5, 0.6) is 0 Å². The molecule has 1 N–H and O–H groups in total. The Balaban J connectivity index is 2.46. The molecule has 0 aromatic heterocycles. The molecule has 4 heteroatoms. The van der Waals surface area contributed by atoms with Gasteiger partial charge in [-0.25, -0.2) is 0 Å². The molecule has 1 atom stereocenters. The fraction of sp³-hybridized carbons (Fsp3) is 0.533. The number of ether oxygens (including phenoxy) is 1. The van der Waals surface area contributed by atoms with E-state index in [9.17, 15) is 4.79 Å². The van der Waals surface area contributed by atoms with Crippen LogP contribution in [0.15, 0.2) is 24.3 Å². The van der Waals surface area contributed by atoms with Crippen molar-refractivity contribution in [2.24, 2.45) is 0 Å². The van der Waals surface area contributed by atoms with E-state index in [0.29, 0.717) is 12.4 Å². The number of carbonyl (C=O) groups is 1. The van der Waals surface area contributed by atoms with Crippen molar-refractivity contribution < 1.29 is 9.53 Å². The topological polar surface area (TPSA) is 38.3 Å². The quantitative estimate of drug-likeness (QED) is 0.744. The van der Waals surface area contributed by atoms with E-state index < -0.39 is 0 Å². The minimum absolute atomic E-state index is 0.135. The lowest BCUT2D eigenvalue weighted by molar-refractivity contribution is -0.139. The molecular weight excluding hydrogens is 258 g/mol. The van der Waals surface area contributed by atoms with Crippen LogP contribution in [0.4, 0.5) is 0 Å². The van der Waals surface area contributed by atoms with Crippen molar-refractivity contribution in [3.8, 4) is 0 Å². The second-order valence-electron chi connectivity index (χ2n) is 4.26. The second kappa shape index (κ2) is 8.99. The standard InChI is InChI=1S/C15H23NO2S/c1-4-12-6-8-13(9-7-12)14(16-3)10-19-11-15(17)18-5-2/h6-9,14,16H,4-5,10-11H2,1-3H3. The Morgan fingerprint density at radius 2 is 2.00 bits per heavy atom. The van der Waals surface area contributed by atoms with Gasteiger partial charge in [0.1, 0.15) is 0 Å². The highest BCUT2D eigenvalue weighted by Gasteiger charge is 2.10. The molecular formula is C15H23NO2S. The van der Waals surface area contributed by atoms with Crippen LogP contribution in [-0.4, -0.2) is 31.1 Å². The molecule has 0 radical (unpaired) electrons. The fourth-order valence-electron chi connectivity index (χ4n) is 1.79. The number of thioether (sulfide) groups is 1. The minimum Gasteiger partial charge on any atom is -0.465 e. The van der Waals surface area contributed by atoms with Crippen LogP contribution in [-0.2, 0) is 16.0 Å². The van der Waals surface area contributed by atoms with Crippen LogP contribution in [0.25, 0.3) is 0 Å². The molecule has 19 heavy (non-hydrogen) atoms. The highest BCUT2D eigenvalue weighted by molar-refractivity contribution is 7.99. The zero-order valence-corrected chi connectivity index (χ0v) is 12.8. The van der Waals surface area contributed by atoms with Gasteiger partial charge in [0.05, 0.1) is 12.4 Å². The van der Waals surface area contributed by atoms with Gasteiger partial charge in [0.25, 0.3) is 0 Å². The highest BCUT2D eigenvalue weighted by Crippen LogP contribution is 2.19. The number of esters is 1. The Morgan fingerprint density at radius 3 is 2.53 bits per heavy atom. The maximum atomic E-state index is 11.3. The summed E-state index contributed by atoms with van der Waals surface area (Å²) in [7, 11) is 1.95. The largest absolute Gasteiger partial charge is 0.465 e. The number of carbonyl (C=O) groups excluding carboxylic acids is 1. The Morgan fingerprint density at radius 1 is 1.32 bits per heavy atom. The zero-order chi connectivity index (χ0) is 14.1. The van der Waals surface area contributed by atoms with E-state index >= 15 is 0 Å².